The molecule has 0 saturated carbocycles. The Hall–Kier alpha value is -1.93. The maximum absolute atomic E-state index is 12.4. The van der Waals surface area contributed by atoms with Crippen LogP contribution in [0.15, 0.2) is 18.2 Å². The van der Waals surface area contributed by atoms with E-state index in [0.29, 0.717) is 19.8 Å². The topological polar surface area (TPSA) is 60.0 Å². The van der Waals surface area contributed by atoms with Crippen molar-refractivity contribution in [3.63, 3.8) is 0 Å². The van der Waals surface area contributed by atoms with Crippen molar-refractivity contribution in [1.29, 1.82) is 0 Å². The Morgan fingerprint density at radius 3 is 2.64 bits per heavy atom. The summed E-state index contributed by atoms with van der Waals surface area (Å²) in [5.74, 6) is 0.135. The normalized spacial score (nSPS) is 12.3. The molecule has 0 aliphatic rings. The van der Waals surface area contributed by atoms with Crippen molar-refractivity contribution < 1.29 is 27.8 Å². The molecule has 0 heterocycles. The van der Waals surface area contributed by atoms with Crippen LogP contribution in [0.5, 0.6) is 11.5 Å². The lowest BCUT2D eigenvalue weighted by molar-refractivity contribution is -0.123. The first kappa shape index (κ1) is 21.1. The Morgan fingerprint density at radius 1 is 1.32 bits per heavy atom. The SMILES string of the molecule is CCOc1cc(CN(C)CC(=O)NC(C)COC)ccc1OC(F)F. The van der Waals surface area contributed by atoms with Gasteiger partial charge in [-0.05, 0) is 38.6 Å². The maximum atomic E-state index is 12.4. The number of likely N-dealkylation sites (N-methyl/N-ethyl adjacent to an activating group) is 1. The third-order valence-electron chi connectivity index (χ3n) is 3.21. The summed E-state index contributed by atoms with van der Waals surface area (Å²) in [5, 5.41) is 2.83. The molecule has 0 aliphatic heterocycles. The molecular formula is C17H26F2N2O4. The molecule has 0 aromatic heterocycles. The van der Waals surface area contributed by atoms with Gasteiger partial charge in [0.1, 0.15) is 0 Å². The van der Waals surface area contributed by atoms with E-state index in [1.54, 1.807) is 33.2 Å². The molecule has 6 nitrogen and oxygen atoms in total. The molecule has 1 aromatic carbocycles. The summed E-state index contributed by atoms with van der Waals surface area (Å²) in [6.07, 6.45) is 0. The molecule has 0 aliphatic carbocycles. The molecule has 1 unspecified atom stereocenters. The number of carbonyl (C=O) groups is 1. The van der Waals surface area contributed by atoms with E-state index in [9.17, 15) is 13.6 Å². The standard InChI is InChI=1S/C17H26F2N2O4/c1-5-24-15-8-13(6-7-14(15)25-17(18)19)9-21(3)10-16(22)20-12(2)11-23-4/h6-8,12,17H,5,9-11H2,1-4H3,(H,20,22). The molecule has 25 heavy (non-hydrogen) atoms. The fourth-order valence-electron chi connectivity index (χ4n) is 2.34. The zero-order valence-electron chi connectivity index (χ0n) is 15.1. The number of benzene rings is 1. The van der Waals surface area contributed by atoms with Crippen LogP contribution in [0.3, 0.4) is 0 Å². The maximum Gasteiger partial charge on any atom is 0.387 e. The van der Waals surface area contributed by atoms with Gasteiger partial charge in [0.05, 0.1) is 19.8 Å². The van der Waals surface area contributed by atoms with Crippen molar-refractivity contribution in [1.82, 2.24) is 10.2 Å². The molecule has 1 amide bonds. The van der Waals surface area contributed by atoms with E-state index in [0.717, 1.165) is 5.56 Å². The second-order valence-corrected chi connectivity index (χ2v) is 5.69. The van der Waals surface area contributed by atoms with Crippen LogP contribution >= 0.6 is 0 Å². The Kier molecular flexibility index (Phi) is 9.15. The number of carbonyl (C=O) groups excluding carboxylic acids is 1. The Morgan fingerprint density at radius 2 is 2.04 bits per heavy atom. The van der Waals surface area contributed by atoms with Crippen molar-refractivity contribution in [3.8, 4) is 11.5 Å². The fraction of sp³-hybridized carbons (Fsp3) is 0.588. The number of nitrogens with zero attached hydrogens (tertiary/aromatic N) is 1. The van der Waals surface area contributed by atoms with Gasteiger partial charge in [-0.3, -0.25) is 9.69 Å². The highest BCUT2D eigenvalue weighted by Crippen LogP contribution is 2.30. The van der Waals surface area contributed by atoms with E-state index >= 15 is 0 Å². The molecule has 0 spiro atoms. The summed E-state index contributed by atoms with van der Waals surface area (Å²) in [5.41, 5.74) is 0.824. The predicted molar refractivity (Wildman–Crippen MR) is 90.1 cm³/mol. The zero-order chi connectivity index (χ0) is 18.8. The first-order valence-corrected chi connectivity index (χ1v) is 8.03. The van der Waals surface area contributed by atoms with Crippen LogP contribution in [-0.2, 0) is 16.1 Å². The second kappa shape index (κ2) is 10.8. The molecule has 1 N–H and O–H groups in total. The van der Waals surface area contributed by atoms with Crippen LogP contribution in [0.25, 0.3) is 0 Å². The number of nitrogens with one attached hydrogen (secondary N) is 1. The molecule has 1 rings (SSSR count). The zero-order valence-corrected chi connectivity index (χ0v) is 15.1. The van der Waals surface area contributed by atoms with Gasteiger partial charge in [-0.15, -0.1) is 0 Å². The van der Waals surface area contributed by atoms with Gasteiger partial charge in [-0.1, -0.05) is 6.07 Å². The minimum Gasteiger partial charge on any atom is -0.490 e. The predicted octanol–water partition coefficient (Wildman–Crippen LogP) is 2.27. The average Bonchev–Trinajstić information content (AvgIpc) is 2.49. The van der Waals surface area contributed by atoms with Crippen molar-refractivity contribution in [3.05, 3.63) is 23.8 Å². The van der Waals surface area contributed by atoms with E-state index in [2.05, 4.69) is 10.1 Å². The quantitative estimate of drug-likeness (QED) is 0.656. The fourth-order valence-corrected chi connectivity index (χ4v) is 2.34. The molecule has 1 atom stereocenters. The minimum absolute atomic E-state index is 0.00520. The molecule has 1 aromatic rings. The third-order valence-corrected chi connectivity index (χ3v) is 3.21. The first-order chi connectivity index (χ1) is 11.8. The molecule has 142 valence electrons. The van der Waals surface area contributed by atoms with E-state index in [-0.39, 0.29) is 30.0 Å². The van der Waals surface area contributed by atoms with E-state index < -0.39 is 6.61 Å². The Bertz CT molecular complexity index is 543. The monoisotopic (exact) mass is 360 g/mol. The number of rotatable bonds is 11. The van der Waals surface area contributed by atoms with E-state index in [4.69, 9.17) is 9.47 Å². The number of amides is 1. The van der Waals surface area contributed by atoms with Gasteiger partial charge < -0.3 is 19.5 Å². The van der Waals surface area contributed by atoms with Crippen molar-refractivity contribution in [2.24, 2.45) is 0 Å². The van der Waals surface area contributed by atoms with Crippen LogP contribution in [-0.4, -0.2) is 57.4 Å². The smallest absolute Gasteiger partial charge is 0.387 e. The number of hydrogen-bond donors (Lipinski definition) is 1. The highest BCUT2D eigenvalue weighted by molar-refractivity contribution is 5.78. The van der Waals surface area contributed by atoms with Gasteiger partial charge in [0.2, 0.25) is 5.91 Å². The molecule has 0 radical (unpaired) electrons. The van der Waals surface area contributed by atoms with E-state index in [1.807, 2.05) is 11.8 Å². The van der Waals surface area contributed by atoms with Crippen LogP contribution < -0.4 is 14.8 Å². The van der Waals surface area contributed by atoms with E-state index in [1.165, 1.54) is 6.07 Å². The van der Waals surface area contributed by atoms with Crippen molar-refractivity contribution in [2.75, 3.05) is 33.9 Å². The van der Waals surface area contributed by atoms with Gasteiger partial charge in [0.15, 0.2) is 11.5 Å². The summed E-state index contributed by atoms with van der Waals surface area (Å²) in [6.45, 7) is 2.14. The van der Waals surface area contributed by atoms with Gasteiger partial charge in [-0.25, -0.2) is 0 Å². The summed E-state index contributed by atoms with van der Waals surface area (Å²) < 4.78 is 39.6. The summed E-state index contributed by atoms with van der Waals surface area (Å²) in [7, 11) is 3.37. The lowest BCUT2D eigenvalue weighted by atomic mass is 10.2. The average molecular weight is 360 g/mol. The van der Waals surface area contributed by atoms with Crippen LogP contribution in [0.2, 0.25) is 0 Å². The molecule has 0 saturated heterocycles. The summed E-state index contributed by atoms with van der Waals surface area (Å²) in [4.78, 5) is 13.8. The lowest BCUT2D eigenvalue weighted by Gasteiger charge is -2.19. The number of methoxy groups -OCH3 is 1. The highest BCUT2D eigenvalue weighted by atomic mass is 19.3. The number of hydrogen-bond acceptors (Lipinski definition) is 5. The number of alkyl halides is 2. The van der Waals surface area contributed by atoms with Gasteiger partial charge in [0, 0.05) is 19.7 Å². The Labute approximate surface area is 147 Å². The summed E-state index contributed by atoms with van der Waals surface area (Å²) >= 11 is 0. The lowest BCUT2D eigenvalue weighted by Crippen LogP contribution is -2.41. The molecular weight excluding hydrogens is 334 g/mol. The molecule has 8 heteroatoms. The highest BCUT2D eigenvalue weighted by Gasteiger charge is 2.14. The third kappa shape index (κ3) is 8.13. The van der Waals surface area contributed by atoms with Crippen molar-refractivity contribution >= 4 is 5.91 Å². The Balaban J connectivity index is 2.65. The van der Waals surface area contributed by atoms with Gasteiger partial charge >= 0.3 is 6.61 Å². The largest absolute Gasteiger partial charge is 0.490 e. The van der Waals surface area contributed by atoms with Crippen molar-refractivity contribution in [2.45, 2.75) is 33.0 Å². The van der Waals surface area contributed by atoms with Gasteiger partial charge in [0.25, 0.3) is 0 Å². The second-order valence-electron chi connectivity index (χ2n) is 5.69. The molecule has 0 bridgehead atoms. The first-order valence-electron chi connectivity index (χ1n) is 8.03. The van der Waals surface area contributed by atoms with Crippen LogP contribution in [0, 0.1) is 0 Å². The number of ether oxygens (including phenoxy) is 3. The number of halogens is 2. The minimum atomic E-state index is -2.91. The van der Waals surface area contributed by atoms with Crippen LogP contribution in [0.1, 0.15) is 19.4 Å². The van der Waals surface area contributed by atoms with Crippen LogP contribution in [0.4, 0.5) is 8.78 Å². The van der Waals surface area contributed by atoms with Gasteiger partial charge in [-0.2, -0.15) is 8.78 Å². The molecule has 0 fully saturated rings. The summed E-state index contributed by atoms with van der Waals surface area (Å²) in [6, 6.07) is 4.69.